The summed E-state index contributed by atoms with van der Waals surface area (Å²) >= 11 is 0. The largest absolute Gasteiger partial charge is 0.476 e. The maximum atomic E-state index is 10.5. The van der Waals surface area contributed by atoms with Gasteiger partial charge in [0, 0.05) is 12.2 Å². The molecule has 0 spiro atoms. The normalized spacial score (nSPS) is 10.2. The van der Waals surface area contributed by atoms with Crippen LogP contribution >= 0.6 is 0 Å². The van der Waals surface area contributed by atoms with E-state index in [1.54, 1.807) is 11.6 Å². The Kier molecular flexibility index (Phi) is 2.44. The first-order chi connectivity index (χ1) is 5.65. The first kappa shape index (κ1) is 8.73. The Morgan fingerprint density at radius 2 is 2.50 bits per heavy atom. The van der Waals surface area contributed by atoms with E-state index in [9.17, 15) is 4.79 Å². The monoisotopic (exact) mass is 169 g/mol. The summed E-state index contributed by atoms with van der Waals surface area (Å²) in [5.74, 6) is -1.01. The van der Waals surface area contributed by atoms with Crippen LogP contribution in [0.5, 0.6) is 0 Å². The second-order valence-electron chi connectivity index (χ2n) is 2.49. The maximum absolute atomic E-state index is 10.5. The minimum atomic E-state index is -1.01. The molecular weight excluding hydrogens is 158 g/mol. The third-order valence-corrected chi connectivity index (χ3v) is 1.54. The molecule has 0 bridgehead atoms. The average Bonchev–Trinajstić information content (AvgIpc) is 2.34. The molecule has 0 unspecified atom stereocenters. The van der Waals surface area contributed by atoms with Crippen LogP contribution in [-0.4, -0.2) is 27.4 Å². The Labute approximate surface area is 69.8 Å². The quantitative estimate of drug-likeness (QED) is 0.659. The maximum Gasteiger partial charge on any atom is 0.356 e. The number of aryl methyl sites for hydroxylation is 1. The molecule has 0 radical (unpaired) electrons. The smallest absolute Gasteiger partial charge is 0.356 e. The van der Waals surface area contributed by atoms with Gasteiger partial charge in [-0.2, -0.15) is 5.10 Å². The topological polar surface area (TPSA) is 81.1 Å². The number of nitrogens with two attached hydrogens (primary N) is 1. The van der Waals surface area contributed by atoms with Gasteiger partial charge in [-0.1, -0.05) is 0 Å². The van der Waals surface area contributed by atoms with Crippen LogP contribution in [0.2, 0.25) is 0 Å². The van der Waals surface area contributed by atoms with E-state index < -0.39 is 5.97 Å². The van der Waals surface area contributed by atoms with Crippen molar-refractivity contribution < 1.29 is 9.90 Å². The molecule has 12 heavy (non-hydrogen) atoms. The molecule has 0 aliphatic carbocycles. The Balaban J connectivity index is 2.92. The van der Waals surface area contributed by atoms with Crippen molar-refractivity contribution >= 4 is 5.97 Å². The van der Waals surface area contributed by atoms with Crippen molar-refractivity contribution in [3.8, 4) is 0 Å². The number of hydrogen-bond acceptors (Lipinski definition) is 3. The number of rotatable bonds is 3. The zero-order valence-corrected chi connectivity index (χ0v) is 6.82. The first-order valence-electron chi connectivity index (χ1n) is 3.63. The van der Waals surface area contributed by atoms with E-state index in [0.717, 1.165) is 5.69 Å². The molecule has 0 amide bonds. The molecule has 0 aliphatic heterocycles. The van der Waals surface area contributed by atoms with Crippen molar-refractivity contribution in [2.24, 2.45) is 5.73 Å². The summed E-state index contributed by atoms with van der Waals surface area (Å²) in [4.78, 5) is 10.5. The van der Waals surface area contributed by atoms with Crippen molar-refractivity contribution in [2.45, 2.75) is 13.5 Å². The molecule has 0 saturated heterocycles. The van der Waals surface area contributed by atoms with E-state index in [1.165, 1.54) is 6.07 Å². The molecule has 1 aromatic rings. The van der Waals surface area contributed by atoms with E-state index in [0.29, 0.717) is 13.1 Å². The highest BCUT2D eigenvalue weighted by molar-refractivity contribution is 5.85. The number of aromatic carboxylic acids is 1. The first-order valence-corrected chi connectivity index (χ1v) is 3.63. The van der Waals surface area contributed by atoms with Gasteiger partial charge in [0.15, 0.2) is 5.69 Å². The van der Waals surface area contributed by atoms with Gasteiger partial charge in [0.05, 0.1) is 6.54 Å². The molecule has 5 nitrogen and oxygen atoms in total. The molecule has 0 atom stereocenters. The van der Waals surface area contributed by atoms with Crippen LogP contribution in [-0.2, 0) is 6.54 Å². The van der Waals surface area contributed by atoms with Gasteiger partial charge in [0.25, 0.3) is 0 Å². The van der Waals surface area contributed by atoms with E-state index in [2.05, 4.69) is 5.10 Å². The van der Waals surface area contributed by atoms with E-state index in [-0.39, 0.29) is 5.69 Å². The molecule has 5 heteroatoms. The Hall–Kier alpha value is -1.36. The van der Waals surface area contributed by atoms with Crippen LogP contribution in [0, 0.1) is 6.92 Å². The van der Waals surface area contributed by atoms with Crippen LogP contribution in [0.1, 0.15) is 16.2 Å². The van der Waals surface area contributed by atoms with Gasteiger partial charge in [-0.05, 0) is 13.0 Å². The number of aromatic nitrogens is 2. The molecule has 0 aromatic carbocycles. The fourth-order valence-corrected chi connectivity index (χ4v) is 0.963. The third-order valence-electron chi connectivity index (χ3n) is 1.54. The summed E-state index contributed by atoms with van der Waals surface area (Å²) < 4.78 is 1.59. The van der Waals surface area contributed by atoms with Gasteiger partial charge < -0.3 is 10.8 Å². The molecule has 1 rings (SSSR count). The Morgan fingerprint density at radius 1 is 1.83 bits per heavy atom. The van der Waals surface area contributed by atoms with Crippen molar-refractivity contribution in [1.29, 1.82) is 0 Å². The standard InChI is InChI=1S/C7H11N3O2/c1-5-4-6(7(11)12)9-10(5)3-2-8/h4H,2-3,8H2,1H3,(H,11,12). The predicted octanol–water partition coefficient (Wildman–Crippen LogP) is -0.152. The highest BCUT2D eigenvalue weighted by atomic mass is 16.4. The molecule has 0 fully saturated rings. The second kappa shape index (κ2) is 3.36. The van der Waals surface area contributed by atoms with Crippen molar-refractivity contribution in [3.63, 3.8) is 0 Å². The summed E-state index contributed by atoms with van der Waals surface area (Å²) in [6.45, 7) is 2.82. The van der Waals surface area contributed by atoms with Crippen molar-refractivity contribution in [1.82, 2.24) is 9.78 Å². The molecule has 1 aromatic heterocycles. The van der Waals surface area contributed by atoms with Gasteiger partial charge >= 0.3 is 5.97 Å². The van der Waals surface area contributed by atoms with Crippen molar-refractivity contribution in [2.75, 3.05) is 6.54 Å². The van der Waals surface area contributed by atoms with Gasteiger partial charge in [-0.25, -0.2) is 4.79 Å². The minimum absolute atomic E-state index is 0.0703. The highest BCUT2D eigenvalue weighted by Crippen LogP contribution is 2.02. The third kappa shape index (κ3) is 1.62. The number of carboxylic acid groups (broad SMARTS) is 1. The van der Waals surface area contributed by atoms with Crippen molar-refractivity contribution in [3.05, 3.63) is 17.5 Å². The van der Waals surface area contributed by atoms with E-state index in [1.807, 2.05) is 0 Å². The Bertz CT molecular complexity index is 293. The lowest BCUT2D eigenvalue weighted by Gasteiger charge is -1.98. The lowest BCUT2D eigenvalue weighted by atomic mass is 10.4. The zero-order chi connectivity index (χ0) is 9.14. The minimum Gasteiger partial charge on any atom is -0.476 e. The summed E-state index contributed by atoms with van der Waals surface area (Å²) in [5, 5.41) is 12.4. The van der Waals surface area contributed by atoms with E-state index >= 15 is 0 Å². The van der Waals surface area contributed by atoms with Gasteiger partial charge in [-0.3, -0.25) is 4.68 Å². The molecule has 66 valence electrons. The molecule has 1 heterocycles. The highest BCUT2D eigenvalue weighted by Gasteiger charge is 2.09. The SMILES string of the molecule is Cc1cc(C(=O)O)nn1CCN. The Morgan fingerprint density at radius 3 is 2.92 bits per heavy atom. The second-order valence-corrected chi connectivity index (χ2v) is 2.49. The van der Waals surface area contributed by atoms with Gasteiger partial charge in [0.1, 0.15) is 0 Å². The number of carboxylic acids is 1. The number of hydrogen-bond donors (Lipinski definition) is 2. The summed E-state index contributed by atoms with van der Waals surface area (Å²) in [7, 11) is 0. The molecule has 0 aliphatic rings. The van der Waals surface area contributed by atoms with Gasteiger partial charge in [0.2, 0.25) is 0 Å². The lowest BCUT2D eigenvalue weighted by Crippen LogP contribution is -2.12. The van der Waals surface area contributed by atoms with Crippen LogP contribution in [0.3, 0.4) is 0 Å². The molecule has 3 N–H and O–H groups in total. The summed E-state index contributed by atoms with van der Waals surface area (Å²) in [6.07, 6.45) is 0. The fraction of sp³-hybridized carbons (Fsp3) is 0.429. The van der Waals surface area contributed by atoms with Crippen LogP contribution in [0.4, 0.5) is 0 Å². The zero-order valence-electron chi connectivity index (χ0n) is 6.82. The lowest BCUT2D eigenvalue weighted by molar-refractivity contribution is 0.0689. The van der Waals surface area contributed by atoms with Crippen LogP contribution in [0.25, 0.3) is 0 Å². The summed E-state index contributed by atoms with van der Waals surface area (Å²) in [5.41, 5.74) is 6.19. The number of carbonyl (C=O) groups is 1. The molecule has 0 saturated carbocycles. The van der Waals surface area contributed by atoms with Crippen LogP contribution in [0.15, 0.2) is 6.07 Å². The van der Waals surface area contributed by atoms with Crippen LogP contribution < -0.4 is 5.73 Å². The predicted molar refractivity (Wildman–Crippen MR) is 43.0 cm³/mol. The molecular formula is C7H11N3O2. The fourth-order valence-electron chi connectivity index (χ4n) is 0.963. The van der Waals surface area contributed by atoms with E-state index in [4.69, 9.17) is 10.8 Å². The average molecular weight is 169 g/mol. The number of nitrogens with zero attached hydrogens (tertiary/aromatic N) is 2. The van der Waals surface area contributed by atoms with Gasteiger partial charge in [-0.15, -0.1) is 0 Å². The summed E-state index contributed by atoms with van der Waals surface area (Å²) in [6, 6.07) is 1.53.